The van der Waals surface area contributed by atoms with E-state index < -0.39 is 0 Å². The molecule has 0 saturated carbocycles. The molecule has 3 rings (SSSR count). The lowest BCUT2D eigenvalue weighted by molar-refractivity contribution is 0.102. The first-order valence-electron chi connectivity index (χ1n) is 8.59. The molecular weight excluding hydrogens is 342 g/mol. The molecule has 0 atom stereocenters. The highest BCUT2D eigenvalue weighted by molar-refractivity contribution is 6.03. The molecule has 3 amide bonds. The van der Waals surface area contributed by atoms with Gasteiger partial charge in [-0.2, -0.15) is 0 Å². The predicted molar refractivity (Wildman–Crippen MR) is 105 cm³/mol. The van der Waals surface area contributed by atoms with Crippen LogP contribution in [0.15, 0.2) is 67.1 Å². The van der Waals surface area contributed by atoms with Gasteiger partial charge in [0.05, 0.1) is 12.5 Å². The Kier molecular flexibility index (Phi) is 5.51. The third-order valence-corrected chi connectivity index (χ3v) is 3.70. The Labute approximate surface area is 157 Å². The van der Waals surface area contributed by atoms with Crippen LogP contribution in [0.4, 0.5) is 16.2 Å². The van der Waals surface area contributed by atoms with Crippen LogP contribution >= 0.6 is 0 Å². The van der Waals surface area contributed by atoms with E-state index in [-0.39, 0.29) is 18.0 Å². The number of urea groups is 1. The van der Waals surface area contributed by atoms with Gasteiger partial charge in [-0.05, 0) is 44.2 Å². The van der Waals surface area contributed by atoms with Crippen molar-refractivity contribution in [1.29, 1.82) is 0 Å². The van der Waals surface area contributed by atoms with E-state index in [2.05, 4.69) is 20.9 Å². The Morgan fingerprint density at radius 3 is 2.37 bits per heavy atom. The average molecular weight is 363 g/mol. The maximum Gasteiger partial charge on any atom is 0.319 e. The van der Waals surface area contributed by atoms with Gasteiger partial charge in [0, 0.05) is 23.1 Å². The van der Waals surface area contributed by atoms with Crippen molar-refractivity contribution >= 4 is 23.3 Å². The second-order valence-electron chi connectivity index (χ2n) is 6.27. The van der Waals surface area contributed by atoms with Crippen molar-refractivity contribution in [2.75, 3.05) is 10.6 Å². The van der Waals surface area contributed by atoms with Crippen LogP contribution in [0.5, 0.6) is 0 Å². The molecule has 0 radical (unpaired) electrons. The molecule has 0 aliphatic heterocycles. The van der Waals surface area contributed by atoms with E-state index >= 15 is 0 Å². The van der Waals surface area contributed by atoms with E-state index in [1.54, 1.807) is 35.2 Å². The van der Waals surface area contributed by atoms with E-state index in [9.17, 15) is 9.59 Å². The van der Waals surface area contributed by atoms with Crippen molar-refractivity contribution < 1.29 is 9.59 Å². The van der Waals surface area contributed by atoms with E-state index in [1.165, 1.54) is 6.20 Å². The minimum absolute atomic E-state index is 0.0335. The molecule has 0 bridgehead atoms. The summed E-state index contributed by atoms with van der Waals surface area (Å²) in [6.45, 7) is 3.76. The van der Waals surface area contributed by atoms with Crippen LogP contribution in [0.2, 0.25) is 0 Å². The third kappa shape index (κ3) is 4.72. The van der Waals surface area contributed by atoms with E-state index in [4.69, 9.17) is 0 Å². The lowest BCUT2D eigenvalue weighted by atomic mass is 10.2. The summed E-state index contributed by atoms with van der Waals surface area (Å²) in [4.78, 5) is 28.6. The summed E-state index contributed by atoms with van der Waals surface area (Å²) in [6.07, 6.45) is 3.11. The largest absolute Gasteiger partial charge is 0.336 e. The fourth-order valence-corrected chi connectivity index (χ4v) is 2.56. The number of anilines is 2. The van der Waals surface area contributed by atoms with Crippen LogP contribution in [0, 0.1) is 0 Å². The fraction of sp³-hybridized carbons (Fsp3) is 0.150. The Morgan fingerprint density at radius 2 is 1.67 bits per heavy atom. The Balaban J connectivity index is 1.73. The lowest BCUT2D eigenvalue weighted by Gasteiger charge is -2.12. The lowest BCUT2D eigenvalue weighted by Crippen LogP contribution is -2.34. The summed E-state index contributed by atoms with van der Waals surface area (Å²) in [5.41, 5.74) is 2.42. The number of hydrogen-bond acceptors (Lipinski definition) is 3. The first-order chi connectivity index (χ1) is 13.0. The van der Waals surface area contributed by atoms with Gasteiger partial charge in [-0.15, -0.1) is 0 Å². The van der Waals surface area contributed by atoms with Gasteiger partial charge in [0.15, 0.2) is 0 Å². The Hall–Kier alpha value is -3.61. The number of nitrogens with one attached hydrogen (secondary N) is 3. The van der Waals surface area contributed by atoms with Crippen molar-refractivity contribution in [2.45, 2.75) is 19.9 Å². The first-order valence-corrected chi connectivity index (χ1v) is 8.59. The van der Waals surface area contributed by atoms with Gasteiger partial charge < -0.3 is 16.0 Å². The summed E-state index contributed by atoms with van der Waals surface area (Å²) >= 11 is 0. The predicted octanol–water partition coefficient (Wildman–Crippen LogP) is 3.65. The van der Waals surface area contributed by atoms with Crippen LogP contribution in [0.25, 0.3) is 5.69 Å². The molecule has 0 fully saturated rings. The molecule has 138 valence electrons. The van der Waals surface area contributed by atoms with Gasteiger partial charge in [0.1, 0.15) is 5.69 Å². The van der Waals surface area contributed by atoms with Gasteiger partial charge in [0.25, 0.3) is 5.91 Å². The monoisotopic (exact) mass is 363 g/mol. The number of imidazole rings is 1. The van der Waals surface area contributed by atoms with Crippen LogP contribution in [0.1, 0.15) is 24.3 Å². The van der Waals surface area contributed by atoms with Crippen LogP contribution in [0.3, 0.4) is 0 Å². The van der Waals surface area contributed by atoms with E-state index in [0.29, 0.717) is 17.1 Å². The zero-order chi connectivity index (χ0) is 19.2. The van der Waals surface area contributed by atoms with Gasteiger partial charge >= 0.3 is 6.03 Å². The standard InChI is InChI=1S/C20H21N5O2/c1-14(2)22-20(27)24-16-8-6-7-15(11-16)23-19(26)18-12-21-13-25(18)17-9-4-3-5-10-17/h3-14H,1-2H3,(H,23,26)(H2,22,24,27). The van der Waals surface area contributed by atoms with Crippen molar-refractivity contribution in [3.8, 4) is 5.69 Å². The maximum absolute atomic E-state index is 12.7. The molecular formula is C20H21N5O2. The molecule has 0 saturated heterocycles. The quantitative estimate of drug-likeness (QED) is 0.646. The normalized spacial score (nSPS) is 10.5. The van der Waals surface area contributed by atoms with Crippen molar-refractivity contribution in [3.63, 3.8) is 0 Å². The number of aromatic nitrogens is 2. The van der Waals surface area contributed by atoms with Crippen molar-refractivity contribution in [3.05, 3.63) is 72.8 Å². The zero-order valence-corrected chi connectivity index (χ0v) is 15.1. The fourth-order valence-electron chi connectivity index (χ4n) is 2.56. The minimum Gasteiger partial charge on any atom is -0.336 e. The van der Waals surface area contributed by atoms with Crippen LogP contribution in [-0.2, 0) is 0 Å². The van der Waals surface area contributed by atoms with Crippen LogP contribution < -0.4 is 16.0 Å². The summed E-state index contributed by atoms with van der Waals surface area (Å²) in [5, 5.41) is 8.33. The second-order valence-corrected chi connectivity index (χ2v) is 6.27. The molecule has 3 aromatic rings. The molecule has 0 spiro atoms. The summed E-state index contributed by atoms with van der Waals surface area (Å²) in [5.74, 6) is -0.292. The molecule has 0 unspecified atom stereocenters. The number of carbonyl (C=O) groups is 2. The highest BCUT2D eigenvalue weighted by Gasteiger charge is 2.13. The molecule has 3 N–H and O–H groups in total. The topological polar surface area (TPSA) is 88.1 Å². The SMILES string of the molecule is CC(C)NC(=O)Nc1cccc(NC(=O)c2cncn2-c2ccccc2)c1. The smallest absolute Gasteiger partial charge is 0.319 e. The molecule has 1 heterocycles. The summed E-state index contributed by atoms with van der Waals surface area (Å²) in [6, 6.07) is 16.2. The maximum atomic E-state index is 12.7. The van der Waals surface area contributed by atoms with Gasteiger partial charge in [-0.25, -0.2) is 9.78 Å². The molecule has 1 aromatic heterocycles. The number of para-hydroxylation sites is 1. The van der Waals surface area contributed by atoms with Gasteiger partial charge in [-0.1, -0.05) is 24.3 Å². The number of rotatable bonds is 5. The van der Waals surface area contributed by atoms with E-state index in [0.717, 1.165) is 5.69 Å². The highest BCUT2D eigenvalue weighted by Crippen LogP contribution is 2.17. The van der Waals surface area contributed by atoms with Crippen LogP contribution in [-0.4, -0.2) is 27.5 Å². The molecule has 2 aromatic carbocycles. The molecule has 27 heavy (non-hydrogen) atoms. The summed E-state index contributed by atoms with van der Waals surface area (Å²) < 4.78 is 1.72. The number of hydrogen-bond donors (Lipinski definition) is 3. The van der Waals surface area contributed by atoms with Crippen molar-refractivity contribution in [2.24, 2.45) is 0 Å². The Morgan fingerprint density at radius 1 is 0.963 bits per heavy atom. The molecule has 7 nitrogen and oxygen atoms in total. The average Bonchev–Trinajstić information content (AvgIpc) is 3.12. The number of nitrogens with zero attached hydrogens (tertiary/aromatic N) is 2. The Bertz CT molecular complexity index is 934. The van der Waals surface area contributed by atoms with Gasteiger partial charge in [-0.3, -0.25) is 9.36 Å². The van der Waals surface area contributed by atoms with Crippen molar-refractivity contribution in [1.82, 2.24) is 14.9 Å². The first kappa shape index (κ1) is 18.2. The molecule has 0 aliphatic rings. The molecule has 7 heteroatoms. The number of amides is 3. The van der Waals surface area contributed by atoms with E-state index in [1.807, 2.05) is 44.2 Å². The highest BCUT2D eigenvalue weighted by atomic mass is 16.2. The third-order valence-electron chi connectivity index (χ3n) is 3.70. The summed E-state index contributed by atoms with van der Waals surface area (Å²) in [7, 11) is 0. The molecule has 0 aliphatic carbocycles. The number of carbonyl (C=O) groups excluding carboxylic acids is 2. The minimum atomic E-state index is -0.296. The zero-order valence-electron chi connectivity index (χ0n) is 15.1. The second kappa shape index (κ2) is 8.18. The van der Waals surface area contributed by atoms with Gasteiger partial charge in [0.2, 0.25) is 0 Å². The number of benzene rings is 2.